The molecule has 76 valence electrons. The summed E-state index contributed by atoms with van der Waals surface area (Å²) in [6.07, 6.45) is 1.25. The summed E-state index contributed by atoms with van der Waals surface area (Å²) in [4.78, 5) is 13.4. The molecular weight excluding hydrogens is 168 g/mol. The van der Waals surface area contributed by atoms with Crippen molar-refractivity contribution in [2.24, 2.45) is 0 Å². The van der Waals surface area contributed by atoms with Crippen LogP contribution in [0.15, 0.2) is 0 Å². The molecule has 1 unspecified atom stereocenters. The minimum atomic E-state index is 0.151. The van der Waals surface area contributed by atoms with Crippen molar-refractivity contribution in [1.29, 1.82) is 0 Å². The second-order valence-corrected chi connectivity index (χ2v) is 3.45. The summed E-state index contributed by atoms with van der Waals surface area (Å²) in [5.41, 5.74) is 0. The summed E-state index contributed by atoms with van der Waals surface area (Å²) in [5, 5.41) is 11.9. The first kappa shape index (κ1) is 10.5. The molecule has 4 heteroatoms. The van der Waals surface area contributed by atoms with Crippen molar-refractivity contribution >= 4 is 5.91 Å². The Hall–Kier alpha value is -0.610. The van der Waals surface area contributed by atoms with Crippen molar-refractivity contribution in [3.05, 3.63) is 0 Å². The normalized spacial score (nSPS) is 21.4. The van der Waals surface area contributed by atoms with Gasteiger partial charge in [0.05, 0.1) is 0 Å². The van der Waals surface area contributed by atoms with Crippen LogP contribution >= 0.6 is 0 Å². The van der Waals surface area contributed by atoms with Crippen LogP contribution in [0.4, 0.5) is 0 Å². The number of hydrogen-bond acceptors (Lipinski definition) is 3. The fraction of sp³-hybridized carbons (Fsp3) is 0.889. The molecule has 0 radical (unpaired) electrons. The van der Waals surface area contributed by atoms with Crippen LogP contribution in [-0.2, 0) is 4.79 Å². The molecule has 1 fully saturated rings. The van der Waals surface area contributed by atoms with Gasteiger partial charge in [0.2, 0.25) is 5.91 Å². The van der Waals surface area contributed by atoms with Crippen molar-refractivity contribution in [2.75, 3.05) is 26.2 Å². The van der Waals surface area contributed by atoms with Crippen molar-refractivity contribution in [3.8, 4) is 0 Å². The number of hydrogen-bond donors (Lipinski definition) is 2. The molecule has 0 aromatic carbocycles. The number of amides is 1. The predicted octanol–water partition coefficient (Wildman–Crippen LogP) is -0.421. The van der Waals surface area contributed by atoms with E-state index in [2.05, 4.69) is 5.32 Å². The minimum absolute atomic E-state index is 0.151. The van der Waals surface area contributed by atoms with E-state index in [-0.39, 0.29) is 18.6 Å². The highest BCUT2D eigenvalue weighted by Gasteiger charge is 2.20. The Kier molecular flexibility index (Phi) is 4.18. The lowest BCUT2D eigenvalue weighted by Gasteiger charge is -2.27. The van der Waals surface area contributed by atoms with Crippen LogP contribution in [0.25, 0.3) is 0 Å². The second kappa shape index (κ2) is 5.19. The molecule has 0 spiro atoms. The van der Waals surface area contributed by atoms with Crippen molar-refractivity contribution in [2.45, 2.75) is 25.8 Å². The van der Waals surface area contributed by atoms with Gasteiger partial charge in [-0.15, -0.1) is 0 Å². The first-order valence-electron chi connectivity index (χ1n) is 4.86. The van der Waals surface area contributed by atoms with E-state index in [1.807, 2.05) is 11.8 Å². The van der Waals surface area contributed by atoms with Gasteiger partial charge in [0.15, 0.2) is 0 Å². The van der Waals surface area contributed by atoms with Gasteiger partial charge in [-0.3, -0.25) is 4.79 Å². The Morgan fingerprint density at radius 2 is 2.38 bits per heavy atom. The van der Waals surface area contributed by atoms with Crippen LogP contribution < -0.4 is 5.32 Å². The topological polar surface area (TPSA) is 52.6 Å². The standard InChI is InChI=1S/C9H18N2O2/c1-8(3-7-12)11-6-5-10-4-2-9(11)13/h8,10,12H,2-7H2,1H3. The fourth-order valence-electron chi connectivity index (χ4n) is 1.60. The molecule has 1 amide bonds. The molecule has 1 atom stereocenters. The Bertz CT molecular complexity index is 173. The van der Waals surface area contributed by atoms with Gasteiger partial charge in [-0.1, -0.05) is 0 Å². The Balaban J connectivity index is 2.48. The molecule has 0 aromatic heterocycles. The average molecular weight is 186 g/mol. The van der Waals surface area contributed by atoms with Gasteiger partial charge in [0.25, 0.3) is 0 Å². The molecule has 2 N–H and O–H groups in total. The third-order valence-corrected chi connectivity index (χ3v) is 2.44. The zero-order valence-corrected chi connectivity index (χ0v) is 8.12. The van der Waals surface area contributed by atoms with Crippen LogP contribution in [0, 0.1) is 0 Å². The van der Waals surface area contributed by atoms with Crippen molar-refractivity contribution in [3.63, 3.8) is 0 Å². The van der Waals surface area contributed by atoms with E-state index in [1.54, 1.807) is 0 Å². The zero-order valence-electron chi connectivity index (χ0n) is 8.12. The summed E-state index contributed by atoms with van der Waals surface area (Å²) < 4.78 is 0. The summed E-state index contributed by atoms with van der Waals surface area (Å²) in [5.74, 6) is 0.200. The summed E-state index contributed by atoms with van der Waals surface area (Å²) in [6, 6.07) is 0.164. The van der Waals surface area contributed by atoms with E-state index in [0.717, 1.165) is 19.6 Å². The second-order valence-electron chi connectivity index (χ2n) is 3.45. The van der Waals surface area contributed by atoms with Crippen LogP contribution in [0.3, 0.4) is 0 Å². The molecule has 4 nitrogen and oxygen atoms in total. The van der Waals surface area contributed by atoms with Crippen LogP contribution in [0.5, 0.6) is 0 Å². The zero-order chi connectivity index (χ0) is 9.68. The lowest BCUT2D eigenvalue weighted by atomic mass is 10.2. The highest BCUT2D eigenvalue weighted by atomic mass is 16.3. The van der Waals surface area contributed by atoms with E-state index < -0.39 is 0 Å². The van der Waals surface area contributed by atoms with Gasteiger partial charge in [0.1, 0.15) is 0 Å². The third-order valence-electron chi connectivity index (χ3n) is 2.44. The number of nitrogens with zero attached hydrogens (tertiary/aromatic N) is 1. The number of aliphatic hydroxyl groups is 1. The maximum atomic E-state index is 11.5. The average Bonchev–Trinajstić information content (AvgIpc) is 2.30. The lowest BCUT2D eigenvalue weighted by Crippen LogP contribution is -2.40. The van der Waals surface area contributed by atoms with Crippen LogP contribution in [0.1, 0.15) is 19.8 Å². The van der Waals surface area contributed by atoms with Gasteiger partial charge in [-0.05, 0) is 13.3 Å². The molecule has 1 rings (SSSR count). The quantitative estimate of drug-likeness (QED) is 0.629. The number of carbonyl (C=O) groups is 1. The number of aliphatic hydroxyl groups excluding tert-OH is 1. The van der Waals surface area contributed by atoms with Gasteiger partial charge in [-0.2, -0.15) is 0 Å². The van der Waals surface area contributed by atoms with Gasteiger partial charge >= 0.3 is 0 Å². The molecule has 1 aliphatic heterocycles. The van der Waals surface area contributed by atoms with Crippen molar-refractivity contribution < 1.29 is 9.90 Å². The molecule has 13 heavy (non-hydrogen) atoms. The van der Waals surface area contributed by atoms with Crippen LogP contribution in [0.2, 0.25) is 0 Å². The first-order valence-corrected chi connectivity index (χ1v) is 4.86. The minimum Gasteiger partial charge on any atom is -0.396 e. The number of rotatable bonds is 3. The molecule has 1 aliphatic rings. The fourth-order valence-corrected chi connectivity index (χ4v) is 1.60. The lowest BCUT2D eigenvalue weighted by molar-refractivity contribution is -0.132. The van der Waals surface area contributed by atoms with Crippen LogP contribution in [-0.4, -0.2) is 48.2 Å². The molecule has 1 heterocycles. The molecular formula is C9H18N2O2. The maximum Gasteiger partial charge on any atom is 0.224 e. The molecule has 0 aromatic rings. The Labute approximate surface area is 78.9 Å². The van der Waals surface area contributed by atoms with E-state index in [4.69, 9.17) is 5.11 Å². The SMILES string of the molecule is CC(CCO)N1CCNCCC1=O. The monoisotopic (exact) mass is 186 g/mol. The highest BCUT2D eigenvalue weighted by Crippen LogP contribution is 2.06. The smallest absolute Gasteiger partial charge is 0.224 e. The number of carbonyl (C=O) groups excluding carboxylic acids is 1. The molecule has 1 saturated heterocycles. The predicted molar refractivity (Wildman–Crippen MR) is 50.4 cm³/mol. The Morgan fingerprint density at radius 1 is 1.62 bits per heavy atom. The summed E-state index contributed by atoms with van der Waals surface area (Å²) in [6.45, 7) is 4.54. The van der Waals surface area contributed by atoms with Gasteiger partial charge in [0, 0.05) is 38.7 Å². The van der Waals surface area contributed by atoms with Gasteiger partial charge in [-0.25, -0.2) is 0 Å². The van der Waals surface area contributed by atoms with Crippen molar-refractivity contribution in [1.82, 2.24) is 10.2 Å². The highest BCUT2D eigenvalue weighted by molar-refractivity contribution is 5.77. The molecule has 0 aliphatic carbocycles. The summed E-state index contributed by atoms with van der Waals surface area (Å²) in [7, 11) is 0. The van der Waals surface area contributed by atoms with Gasteiger partial charge < -0.3 is 15.3 Å². The third kappa shape index (κ3) is 2.97. The van der Waals surface area contributed by atoms with E-state index >= 15 is 0 Å². The first-order chi connectivity index (χ1) is 6.25. The van der Waals surface area contributed by atoms with E-state index in [9.17, 15) is 4.79 Å². The molecule has 0 saturated carbocycles. The largest absolute Gasteiger partial charge is 0.396 e. The Morgan fingerprint density at radius 3 is 3.08 bits per heavy atom. The summed E-state index contributed by atoms with van der Waals surface area (Å²) >= 11 is 0. The molecule has 0 bridgehead atoms. The maximum absolute atomic E-state index is 11.5. The number of nitrogens with one attached hydrogen (secondary N) is 1. The van der Waals surface area contributed by atoms with E-state index in [0.29, 0.717) is 12.8 Å². The van der Waals surface area contributed by atoms with E-state index in [1.165, 1.54) is 0 Å².